The third kappa shape index (κ3) is 10.7. The van der Waals surface area contributed by atoms with Gasteiger partial charge in [0.05, 0.1) is 47.4 Å². The molecule has 0 atom stereocenters. The van der Waals surface area contributed by atoms with Gasteiger partial charge in [-0.1, -0.05) is 71.3 Å². The zero-order valence-electron chi connectivity index (χ0n) is 23.0. The van der Waals surface area contributed by atoms with Crippen molar-refractivity contribution in [2.75, 3.05) is 23.0 Å². The average Bonchev–Trinajstić information content (AvgIpc) is 3.62. The van der Waals surface area contributed by atoms with E-state index in [-0.39, 0.29) is 21.2 Å². The van der Waals surface area contributed by atoms with E-state index in [0.29, 0.717) is 12.8 Å². The predicted octanol–water partition coefficient (Wildman–Crippen LogP) is 10.4. The molecule has 0 unspecified atom stereocenters. The number of hydrogen-bond acceptors (Lipinski definition) is 14. The van der Waals surface area contributed by atoms with E-state index in [1.54, 1.807) is 118 Å². The standard InChI is InChI=1S/C28H24N4O4S8/c29-13-1-15-37-23-24(38-16-2-14-30)42-27(41-23)28-43-25(39-17-11-19-3-7-21(8-4-19)31(33)34)26(44-28)40-18-12-20-5-9-22(10-6-20)32(35)36/h3-10H,1-2,11-12,15-18H2. The first kappa shape index (κ1) is 35.1. The number of nitriles is 2. The van der Waals surface area contributed by atoms with Gasteiger partial charge < -0.3 is 0 Å². The van der Waals surface area contributed by atoms with Gasteiger partial charge >= 0.3 is 0 Å². The number of thioether (sulfide) groups is 8. The maximum absolute atomic E-state index is 11.0. The Morgan fingerprint density at radius 3 is 1.18 bits per heavy atom. The van der Waals surface area contributed by atoms with Crippen LogP contribution in [-0.4, -0.2) is 32.9 Å². The van der Waals surface area contributed by atoms with Gasteiger partial charge in [-0.05, 0) is 24.0 Å². The lowest BCUT2D eigenvalue weighted by atomic mass is 10.1. The number of hydrogen-bond donors (Lipinski definition) is 0. The highest BCUT2D eigenvalue weighted by Crippen LogP contribution is 2.66. The second-order valence-electron chi connectivity index (χ2n) is 8.69. The number of non-ortho nitro benzene ring substituents is 2. The first-order valence-electron chi connectivity index (χ1n) is 13.0. The molecule has 0 saturated carbocycles. The third-order valence-corrected chi connectivity index (χ3v) is 17.3. The van der Waals surface area contributed by atoms with Crippen molar-refractivity contribution in [2.45, 2.75) is 25.7 Å². The molecule has 4 rings (SSSR count). The maximum atomic E-state index is 11.0. The van der Waals surface area contributed by atoms with E-state index in [4.69, 9.17) is 10.5 Å². The number of nitro groups is 2. The van der Waals surface area contributed by atoms with Gasteiger partial charge in [0.1, 0.15) is 0 Å². The minimum atomic E-state index is -0.389. The minimum Gasteiger partial charge on any atom is -0.258 e. The van der Waals surface area contributed by atoms with Crippen molar-refractivity contribution in [3.8, 4) is 12.1 Å². The SMILES string of the molecule is N#CCCSC1=C(SCCC#N)SC(=C2SC(SCCc3ccc([N+](=O)[O-])cc3)=C(SCCc3ccc([N+](=O)[O-])cc3)S2)S1. The summed E-state index contributed by atoms with van der Waals surface area (Å²) >= 11 is 14.0. The van der Waals surface area contributed by atoms with Crippen LogP contribution < -0.4 is 0 Å². The first-order chi connectivity index (χ1) is 21.4. The van der Waals surface area contributed by atoms with Crippen molar-refractivity contribution >= 4 is 105 Å². The summed E-state index contributed by atoms with van der Waals surface area (Å²) in [4.78, 5) is 21.2. The van der Waals surface area contributed by atoms with Crippen LogP contribution in [0.4, 0.5) is 11.4 Å². The minimum absolute atomic E-state index is 0.0883. The number of rotatable bonds is 16. The number of nitrogens with zero attached hydrogens (tertiary/aromatic N) is 4. The number of benzene rings is 2. The molecule has 0 bridgehead atoms. The second kappa shape index (κ2) is 18.4. The topological polar surface area (TPSA) is 134 Å². The molecule has 8 nitrogen and oxygen atoms in total. The maximum Gasteiger partial charge on any atom is 0.269 e. The molecule has 2 heterocycles. The van der Waals surface area contributed by atoms with E-state index in [0.717, 1.165) is 47.0 Å². The summed E-state index contributed by atoms with van der Waals surface area (Å²) in [5, 5.41) is 40.0. The molecule has 0 N–H and O–H groups in total. The second-order valence-corrected chi connectivity index (χ2v) is 18.7. The van der Waals surface area contributed by atoms with Gasteiger partial charge in [0, 0.05) is 60.1 Å². The van der Waals surface area contributed by atoms with Crippen molar-refractivity contribution in [3.05, 3.63) is 105 Å². The molecule has 2 aromatic rings. The molecule has 228 valence electrons. The highest BCUT2D eigenvalue weighted by Gasteiger charge is 2.31. The molecule has 0 fully saturated rings. The molecule has 44 heavy (non-hydrogen) atoms. The van der Waals surface area contributed by atoms with Crippen LogP contribution in [0.25, 0.3) is 0 Å². The Morgan fingerprint density at radius 1 is 0.568 bits per heavy atom. The average molecular weight is 737 g/mol. The van der Waals surface area contributed by atoms with Crippen LogP contribution in [0.3, 0.4) is 0 Å². The number of aryl methyl sites for hydroxylation is 2. The lowest BCUT2D eigenvalue weighted by Gasteiger charge is -2.06. The summed E-state index contributed by atoms with van der Waals surface area (Å²) < 4.78 is 7.31. The van der Waals surface area contributed by atoms with E-state index in [2.05, 4.69) is 12.1 Å². The van der Waals surface area contributed by atoms with E-state index >= 15 is 0 Å². The van der Waals surface area contributed by atoms with Crippen LogP contribution >= 0.6 is 94.1 Å². The molecular weight excluding hydrogens is 713 g/mol. The van der Waals surface area contributed by atoms with Gasteiger partial charge in [0.25, 0.3) is 11.4 Å². The van der Waals surface area contributed by atoms with Crippen molar-refractivity contribution in [1.82, 2.24) is 0 Å². The molecule has 16 heteroatoms. The van der Waals surface area contributed by atoms with Crippen LogP contribution in [0.1, 0.15) is 24.0 Å². The number of nitro benzene ring substituents is 2. The zero-order chi connectivity index (χ0) is 31.3. The van der Waals surface area contributed by atoms with Crippen LogP contribution in [0.5, 0.6) is 0 Å². The van der Waals surface area contributed by atoms with Crippen molar-refractivity contribution in [1.29, 1.82) is 10.5 Å². The van der Waals surface area contributed by atoms with Crippen molar-refractivity contribution in [2.24, 2.45) is 0 Å². The molecular formula is C28H24N4O4S8. The third-order valence-electron chi connectivity index (χ3n) is 5.68. The summed E-state index contributed by atoms with van der Waals surface area (Å²) in [7, 11) is 0. The van der Waals surface area contributed by atoms with Gasteiger partial charge in [-0.3, -0.25) is 20.2 Å². The summed E-state index contributed by atoms with van der Waals surface area (Å²) in [5.41, 5.74) is 2.28. The quantitative estimate of drug-likeness (QED) is 0.0918. The van der Waals surface area contributed by atoms with Gasteiger partial charge in [-0.2, -0.15) is 10.5 Å². The largest absolute Gasteiger partial charge is 0.269 e. The Labute approximate surface area is 289 Å². The summed E-state index contributed by atoms with van der Waals surface area (Å²) in [6.07, 6.45) is 2.54. The Balaban J connectivity index is 1.44. The molecule has 2 aliphatic rings. The summed E-state index contributed by atoms with van der Waals surface area (Å²) in [6.45, 7) is 0. The van der Waals surface area contributed by atoms with Gasteiger partial charge in [0.15, 0.2) is 0 Å². The molecule has 2 aliphatic heterocycles. The molecule has 0 saturated heterocycles. The van der Waals surface area contributed by atoms with E-state index in [9.17, 15) is 20.2 Å². The fraction of sp³-hybridized carbons (Fsp3) is 0.286. The van der Waals surface area contributed by atoms with Crippen molar-refractivity contribution in [3.63, 3.8) is 0 Å². The highest BCUT2D eigenvalue weighted by atomic mass is 32.3. The normalized spacial score (nSPS) is 14.7. The van der Waals surface area contributed by atoms with Crippen LogP contribution in [0.2, 0.25) is 0 Å². The van der Waals surface area contributed by atoms with E-state index in [1.807, 2.05) is 24.3 Å². The Hall–Kier alpha value is -1.76. The molecule has 2 aromatic carbocycles. The molecule has 0 spiro atoms. The molecule has 0 aliphatic carbocycles. The van der Waals surface area contributed by atoms with E-state index < -0.39 is 0 Å². The monoisotopic (exact) mass is 736 g/mol. The molecule has 0 aromatic heterocycles. The zero-order valence-corrected chi connectivity index (χ0v) is 29.5. The smallest absolute Gasteiger partial charge is 0.258 e. The predicted molar refractivity (Wildman–Crippen MR) is 195 cm³/mol. The fourth-order valence-corrected chi connectivity index (χ4v) is 15.5. The Morgan fingerprint density at radius 2 is 0.886 bits per heavy atom. The Bertz CT molecular complexity index is 1440. The summed E-state index contributed by atoms with van der Waals surface area (Å²) in [6, 6.07) is 17.8. The van der Waals surface area contributed by atoms with Gasteiger partial charge in [-0.25, -0.2) is 0 Å². The first-order valence-corrected chi connectivity index (χ1v) is 20.2. The summed E-state index contributed by atoms with van der Waals surface area (Å²) in [5.74, 6) is 3.13. The lowest BCUT2D eigenvalue weighted by molar-refractivity contribution is -0.385. The highest BCUT2D eigenvalue weighted by molar-refractivity contribution is 8.45. The van der Waals surface area contributed by atoms with Gasteiger partial charge in [0.2, 0.25) is 0 Å². The van der Waals surface area contributed by atoms with Crippen LogP contribution in [0.15, 0.2) is 74.0 Å². The Kier molecular flexibility index (Phi) is 14.7. The van der Waals surface area contributed by atoms with Crippen molar-refractivity contribution < 1.29 is 9.85 Å². The molecule has 0 radical (unpaired) electrons. The molecule has 0 amide bonds. The fourth-order valence-electron chi connectivity index (χ4n) is 3.54. The van der Waals surface area contributed by atoms with Gasteiger partial charge in [-0.15, -0.1) is 47.0 Å². The van der Waals surface area contributed by atoms with Crippen LogP contribution in [-0.2, 0) is 12.8 Å². The van der Waals surface area contributed by atoms with Crippen LogP contribution in [0, 0.1) is 42.9 Å². The van der Waals surface area contributed by atoms with E-state index in [1.165, 1.54) is 25.4 Å². The lowest BCUT2D eigenvalue weighted by Crippen LogP contribution is -1.92.